The van der Waals surface area contributed by atoms with Crippen LogP contribution in [0.5, 0.6) is 0 Å². The van der Waals surface area contributed by atoms with Crippen LogP contribution in [0.3, 0.4) is 0 Å². The van der Waals surface area contributed by atoms with Crippen molar-refractivity contribution in [3.63, 3.8) is 0 Å². The van der Waals surface area contributed by atoms with Crippen molar-refractivity contribution in [3.8, 4) is 0 Å². The van der Waals surface area contributed by atoms with Crippen LogP contribution in [-0.2, 0) is 19.8 Å². The molecule has 0 aliphatic carbocycles. The van der Waals surface area contributed by atoms with Gasteiger partial charge in [-0.1, -0.05) is 12.1 Å². The van der Waals surface area contributed by atoms with E-state index in [1.807, 2.05) is 12.3 Å². The van der Waals surface area contributed by atoms with Gasteiger partial charge in [0.2, 0.25) is 17.7 Å². The van der Waals surface area contributed by atoms with Crippen molar-refractivity contribution in [1.82, 2.24) is 14.8 Å². The summed E-state index contributed by atoms with van der Waals surface area (Å²) in [4.78, 5) is 44.9. The molecule has 0 radical (unpaired) electrons. The van der Waals surface area contributed by atoms with Gasteiger partial charge < -0.3 is 4.90 Å². The predicted octanol–water partition coefficient (Wildman–Crippen LogP) is 2.52. The van der Waals surface area contributed by atoms with Crippen LogP contribution in [0.25, 0.3) is 0 Å². The van der Waals surface area contributed by atoms with E-state index >= 15 is 0 Å². The monoisotopic (exact) mass is 389 g/mol. The number of thiazole rings is 1. The fraction of sp³-hybridized carbons (Fsp3) is 0.368. The normalized spacial score (nSPS) is 20.8. The number of likely N-dealkylation sites (N-methyl/N-ethyl adjacent to an activating group) is 1. The fourth-order valence-corrected chi connectivity index (χ4v) is 4.08. The van der Waals surface area contributed by atoms with Crippen LogP contribution in [-0.4, -0.2) is 46.6 Å². The number of rotatable bonds is 5. The highest BCUT2D eigenvalue weighted by Crippen LogP contribution is 2.40. The number of aromatic nitrogens is 1. The maximum absolute atomic E-state index is 13.8. The van der Waals surface area contributed by atoms with Gasteiger partial charge in [-0.05, 0) is 24.6 Å². The SMILES string of the molecule is CC(c1nccs1)N(C)C(=O)CC1(c2cccc(F)c2)CC(=O)N(C)C1=O. The molecule has 1 aliphatic heterocycles. The topological polar surface area (TPSA) is 70.6 Å². The summed E-state index contributed by atoms with van der Waals surface area (Å²) in [6.07, 6.45) is 1.30. The Morgan fingerprint density at radius 3 is 2.74 bits per heavy atom. The molecule has 3 rings (SSSR count). The zero-order chi connectivity index (χ0) is 19.8. The van der Waals surface area contributed by atoms with Crippen LogP contribution >= 0.6 is 11.3 Å². The number of nitrogens with zero attached hydrogens (tertiary/aromatic N) is 3. The van der Waals surface area contributed by atoms with Gasteiger partial charge in [0.25, 0.3) is 0 Å². The average Bonchev–Trinajstić information content (AvgIpc) is 3.25. The van der Waals surface area contributed by atoms with Gasteiger partial charge in [0.1, 0.15) is 10.8 Å². The molecule has 1 saturated heterocycles. The number of likely N-dealkylation sites (tertiary alicyclic amines) is 1. The Hall–Kier alpha value is -2.61. The fourth-order valence-electron chi connectivity index (χ4n) is 3.34. The van der Waals surface area contributed by atoms with Gasteiger partial charge in [-0.25, -0.2) is 9.37 Å². The van der Waals surface area contributed by atoms with Crippen molar-refractivity contribution in [2.24, 2.45) is 0 Å². The van der Waals surface area contributed by atoms with Crippen molar-refractivity contribution in [3.05, 3.63) is 52.2 Å². The molecule has 2 aromatic rings. The van der Waals surface area contributed by atoms with E-state index in [1.54, 1.807) is 19.3 Å². The summed E-state index contributed by atoms with van der Waals surface area (Å²) in [5.41, 5.74) is -1.05. The molecule has 8 heteroatoms. The molecule has 1 fully saturated rings. The van der Waals surface area contributed by atoms with Gasteiger partial charge in [-0.15, -0.1) is 11.3 Å². The van der Waals surface area contributed by atoms with Gasteiger partial charge in [-0.3, -0.25) is 19.3 Å². The van der Waals surface area contributed by atoms with E-state index in [4.69, 9.17) is 0 Å². The third-order valence-corrected chi connectivity index (χ3v) is 6.10. The van der Waals surface area contributed by atoms with E-state index in [0.29, 0.717) is 5.56 Å². The molecule has 27 heavy (non-hydrogen) atoms. The zero-order valence-electron chi connectivity index (χ0n) is 15.3. The third kappa shape index (κ3) is 3.37. The Kier molecular flexibility index (Phi) is 5.10. The van der Waals surface area contributed by atoms with Crippen LogP contribution in [0.15, 0.2) is 35.8 Å². The third-order valence-electron chi connectivity index (χ3n) is 5.15. The second-order valence-electron chi connectivity index (χ2n) is 6.75. The minimum absolute atomic E-state index is 0.156. The largest absolute Gasteiger partial charge is 0.337 e. The lowest BCUT2D eigenvalue weighted by molar-refractivity contribution is -0.141. The summed E-state index contributed by atoms with van der Waals surface area (Å²) in [5, 5.41) is 2.60. The Bertz CT molecular complexity index is 886. The average molecular weight is 389 g/mol. The maximum Gasteiger partial charge on any atom is 0.240 e. The lowest BCUT2D eigenvalue weighted by Crippen LogP contribution is -2.42. The summed E-state index contributed by atoms with van der Waals surface area (Å²) in [5.74, 6) is -1.69. The highest BCUT2D eigenvalue weighted by molar-refractivity contribution is 7.09. The molecule has 142 valence electrons. The molecule has 0 saturated carbocycles. The highest BCUT2D eigenvalue weighted by Gasteiger charge is 2.53. The number of amides is 3. The smallest absolute Gasteiger partial charge is 0.240 e. The van der Waals surface area contributed by atoms with Crippen molar-refractivity contribution in [1.29, 1.82) is 0 Å². The van der Waals surface area contributed by atoms with Crippen LogP contribution in [0.4, 0.5) is 4.39 Å². The number of carbonyl (C=O) groups excluding carboxylic acids is 3. The Balaban J connectivity index is 1.94. The van der Waals surface area contributed by atoms with Gasteiger partial charge in [0, 0.05) is 38.5 Å². The first-order valence-corrected chi connectivity index (χ1v) is 9.36. The van der Waals surface area contributed by atoms with E-state index < -0.39 is 17.1 Å². The van der Waals surface area contributed by atoms with E-state index in [-0.39, 0.29) is 30.7 Å². The van der Waals surface area contributed by atoms with Gasteiger partial charge >= 0.3 is 0 Å². The molecule has 1 aromatic heterocycles. The zero-order valence-corrected chi connectivity index (χ0v) is 16.1. The standard InChI is InChI=1S/C19H20FN3O3S/c1-12(17-21-7-8-27-17)22(2)15(24)10-19(11-16(25)23(3)18(19)26)13-5-4-6-14(20)9-13/h4-9,12H,10-11H2,1-3H3. The molecular weight excluding hydrogens is 369 g/mol. The second kappa shape index (κ2) is 7.19. The number of hydrogen-bond donors (Lipinski definition) is 0. The number of benzene rings is 1. The molecule has 6 nitrogen and oxygen atoms in total. The van der Waals surface area contributed by atoms with E-state index in [0.717, 1.165) is 9.91 Å². The van der Waals surface area contributed by atoms with Gasteiger partial charge in [0.05, 0.1) is 11.5 Å². The minimum Gasteiger partial charge on any atom is -0.337 e. The summed E-state index contributed by atoms with van der Waals surface area (Å²) in [6, 6.07) is 5.29. The summed E-state index contributed by atoms with van der Waals surface area (Å²) < 4.78 is 13.8. The quantitative estimate of drug-likeness (QED) is 0.737. The summed E-state index contributed by atoms with van der Waals surface area (Å²) >= 11 is 1.43. The second-order valence-corrected chi connectivity index (χ2v) is 7.68. The molecule has 3 amide bonds. The summed E-state index contributed by atoms with van der Waals surface area (Å²) in [6.45, 7) is 1.85. The van der Waals surface area contributed by atoms with Crippen LogP contribution in [0.1, 0.15) is 36.4 Å². The maximum atomic E-state index is 13.8. The molecule has 0 spiro atoms. The Labute approximate surface area is 160 Å². The number of halogens is 1. The Morgan fingerprint density at radius 2 is 2.19 bits per heavy atom. The van der Waals surface area contributed by atoms with Crippen molar-refractivity contribution < 1.29 is 18.8 Å². The van der Waals surface area contributed by atoms with Crippen LogP contribution in [0.2, 0.25) is 0 Å². The van der Waals surface area contributed by atoms with E-state index in [9.17, 15) is 18.8 Å². The number of hydrogen-bond acceptors (Lipinski definition) is 5. The minimum atomic E-state index is -1.39. The lowest BCUT2D eigenvalue weighted by atomic mass is 9.75. The molecule has 1 aromatic carbocycles. The highest BCUT2D eigenvalue weighted by atomic mass is 32.1. The van der Waals surface area contributed by atoms with Crippen LogP contribution in [0, 0.1) is 5.82 Å². The Morgan fingerprint density at radius 1 is 1.44 bits per heavy atom. The number of carbonyl (C=O) groups is 3. The predicted molar refractivity (Wildman–Crippen MR) is 98.4 cm³/mol. The van der Waals surface area contributed by atoms with Gasteiger partial charge in [-0.2, -0.15) is 0 Å². The first kappa shape index (κ1) is 19.2. The molecular formula is C19H20FN3O3S. The molecule has 2 heterocycles. The first-order valence-electron chi connectivity index (χ1n) is 8.48. The summed E-state index contributed by atoms with van der Waals surface area (Å²) in [7, 11) is 3.02. The molecule has 0 N–H and O–H groups in total. The number of imide groups is 1. The van der Waals surface area contributed by atoms with Crippen molar-refractivity contribution >= 4 is 29.1 Å². The molecule has 0 bridgehead atoms. The van der Waals surface area contributed by atoms with E-state index in [1.165, 1.54) is 41.5 Å². The van der Waals surface area contributed by atoms with Crippen molar-refractivity contribution in [2.45, 2.75) is 31.2 Å². The lowest BCUT2D eigenvalue weighted by Gasteiger charge is -2.30. The molecule has 2 atom stereocenters. The van der Waals surface area contributed by atoms with E-state index in [2.05, 4.69) is 4.98 Å². The molecule has 2 unspecified atom stereocenters. The first-order chi connectivity index (χ1) is 12.8. The van der Waals surface area contributed by atoms with Crippen molar-refractivity contribution in [2.75, 3.05) is 14.1 Å². The molecule has 1 aliphatic rings. The van der Waals surface area contributed by atoms with Crippen LogP contribution < -0.4 is 0 Å². The van der Waals surface area contributed by atoms with Gasteiger partial charge in [0.15, 0.2) is 0 Å².